The van der Waals surface area contributed by atoms with Crippen LogP contribution in [0.15, 0.2) is 21.7 Å². The van der Waals surface area contributed by atoms with Crippen molar-refractivity contribution in [3.63, 3.8) is 0 Å². The van der Waals surface area contributed by atoms with Gasteiger partial charge in [0.1, 0.15) is 5.82 Å². The number of carbonyl (C=O) groups is 3. The van der Waals surface area contributed by atoms with Gasteiger partial charge in [-0.2, -0.15) is 0 Å². The number of nitrogens with zero attached hydrogens (tertiary/aromatic N) is 3. The molecule has 2 atom stereocenters. The molecule has 0 unspecified atom stereocenters. The lowest BCUT2D eigenvalue weighted by molar-refractivity contribution is -0.140. The number of likely N-dealkylation sites (tertiary alicyclic amines) is 1. The number of hydrogen-bond acceptors (Lipinski definition) is 6. The Labute approximate surface area is 192 Å². The second-order valence-corrected chi connectivity index (χ2v) is 9.13. The van der Waals surface area contributed by atoms with Crippen molar-refractivity contribution < 1.29 is 14.4 Å². The molecule has 3 rings (SSSR count). The van der Waals surface area contributed by atoms with E-state index in [-0.39, 0.29) is 60.6 Å². The number of aromatic nitrogens is 2. The Morgan fingerprint density at radius 2 is 1.73 bits per heavy atom. The summed E-state index contributed by atoms with van der Waals surface area (Å²) in [5, 5.41) is 0. The van der Waals surface area contributed by atoms with Gasteiger partial charge in [0.15, 0.2) is 5.69 Å². The van der Waals surface area contributed by atoms with Crippen LogP contribution in [0.4, 0.5) is 11.5 Å². The van der Waals surface area contributed by atoms with E-state index in [1.807, 2.05) is 32.9 Å². The minimum atomic E-state index is -0.732. The molecule has 180 valence electrons. The Balaban J connectivity index is 1.84. The fourth-order valence-electron chi connectivity index (χ4n) is 4.49. The van der Waals surface area contributed by atoms with E-state index in [1.54, 1.807) is 0 Å². The highest BCUT2D eigenvalue weighted by Crippen LogP contribution is 2.35. The molecule has 0 aromatic carbocycles. The molecular weight excluding hydrogens is 426 g/mol. The van der Waals surface area contributed by atoms with Gasteiger partial charge in [0.05, 0.1) is 11.8 Å². The number of anilines is 2. The summed E-state index contributed by atoms with van der Waals surface area (Å²) in [6, 6.07) is 0. The molecule has 10 nitrogen and oxygen atoms in total. The normalized spacial score (nSPS) is 19.9. The molecule has 1 saturated heterocycles. The molecule has 0 bridgehead atoms. The molecule has 10 heteroatoms. The molecule has 0 saturated carbocycles. The van der Waals surface area contributed by atoms with E-state index < -0.39 is 17.2 Å². The van der Waals surface area contributed by atoms with Crippen molar-refractivity contribution in [3.8, 4) is 0 Å². The highest BCUT2D eigenvalue weighted by molar-refractivity contribution is 6.06. The first kappa shape index (κ1) is 24.5. The van der Waals surface area contributed by atoms with Gasteiger partial charge in [0, 0.05) is 26.1 Å². The number of H-pyrrole nitrogens is 1. The molecule has 0 radical (unpaired) electrons. The average molecular weight is 460 g/mol. The maximum atomic E-state index is 13.2. The first-order valence-corrected chi connectivity index (χ1v) is 11.6. The van der Waals surface area contributed by atoms with Crippen LogP contribution in [-0.4, -0.2) is 45.3 Å². The lowest BCUT2D eigenvalue weighted by Gasteiger charge is -2.27. The molecule has 2 aliphatic rings. The number of nitrogen functional groups attached to an aromatic ring is 1. The lowest BCUT2D eigenvalue weighted by Crippen LogP contribution is -2.44. The third-order valence-corrected chi connectivity index (χ3v) is 6.22. The van der Waals surface area contributed by atoms with Crippen LogP contribution in [0.5, 0.6) is 0 Å². The van der Waals surface area contributed by atoms with Gasteiger partial charge in [-0.05, 0) is 25.2 Å². The highest BCUT2D eigenvalue weighted by Gasteiger charge is 2.47. The van der Waals surface area contributed by atoms with Crippen molar-refractivity contribution >= 4 is 29.2 Å². The molecule has 3 amide bonds. The average Bonchev–Trinajstić information content (AvgIpc) is 3.01. The third kappa shape index (κ3) is 4.94. The van der Waals surface area contributed by atoms with Gasteiger partial charge in [0.2, 0.25) is 17.7 Å². The molecule has 1 aliphatic carbocycles. The number of carbonyl (C=O) groups excluding carboxylic acids is 3. The van der Waals surface area contributed by atoms with Gasteiger partial charge in [-0.25, -0.2) is 4.79 Å². The zero-order valence-corrected chi connectivity index (χ0v) is 19.5. The quantitative estimate of drug-likeness (QED) is 0.421. The minimum absolute atomic E-state index is 0.00719. The van der Waals surface area contributed by atoms with Crippen LogP contribution in [0.25, 0.3) is 0 Å². The number of nitrogens with one attached hydrogen (secondary N) is 1. The van der Waals surface area contributed by atoms with E-state index in [0.29, 0.717) is 25.8 Å². The number of rotatable bonds is 9. The van der Waals surface area contributed by atoms with E-state index in [9.17, 15) is 24.0 Å². The van der Waals surface area contributed by atoms with Crippen molar-refractivity contribution in [2.75, 3.05) is 23.7 Å². The van der Waals surface area contributed by atoms with Crippen LogP contribution in [-0.2, 0) is 20.9 Å². The summed E-state index contributed by atoms with van der Waals surface area (Å²) in [6.07, 6.45) is 6.26. The Morgan fingerprint density at radius 3 is 2.27 bits per heavy atom. The van der Waals surface area contributed by atoms with Gasteiger partial charge in [-0.1, -0.05) is 39.3 Å². The van der Waals surface area contributed by atoms with Gasteiger partial charge in [-0.3, -0.25) is 33.6 Å². The number of imide groups is 1. The van der Waals surface area contributed by atoms with Crippen LogP contribution in [0.1, 0.15) is 52.9 Å². The van der Waals surface area contributed by atoms with Crippen LogP contribution < -0.4 is 21.9 Å². The predicted octanol–water partition coefficient (Wildman–Crippen LogP) is 1.25. The second kappa shape index (κ2) is 10.2. The summed E-state index contributed by atoms with van der Waals surface area (Å²) in [5.74, 6) is -1.69. The number of aromatic amines is 1. The zero-order valence-electron chi connectivity index (χ0n) is 19.5. The van der Waals surface area contributed by atoms with Crippen LogP contribution in [0.3, 0.4) is 0 Å². The molecule has 1 fully saturated rings. The molecule has 1 aromatic rings. The summed E-state index contributed by atoms with van der Waals surface area (Å²) in [6.45, 7) is 6.23. The minimum Gasteiger partial charge on any atom is -0.383 e. The van der Waals surface area contributed by atoms with Crippen molar-refractivity contribution in [1.82, 2.24) is 14.5 Å². The van der Waals surface area contributed by atoms with Gasteiger partial charge in [-0.15, -0.1) is 0 Å². The summed E-state index contributed by atoms with van der Waals surface area (Å²) < 4.78 is 1.27. The fraction of sp³-hybridized carbons (Fsp3) is 0.609. The fourth-order valence-corrected chi connectivity index (χ4v) is 4.49. The monoisotopic (exact) mass is 459 g/mol. The van der Waals surface area contributed by atoms with Crippen molar-refractivity contribution in [2.45, 2.75) is 59.4 Å². The number of fused-ring (bicyclic) bond motifs is 1. The molecule has 0 spiro atoms. The summed E-state index contributed by atoms with van der Waals surface area (Å²) in [5.41, 5.74) is 4.79. The molecular formula is C23H33N5O5. The maximum absolute atomic E-state index is 13.2. The van der Waals surface area contributed by atoms with E-state index in [4.69, 9.17) is 5.73 Å². The summed E-state index contributed by atoms with van der Waals surface area (Å²) in [4.78, 5) is 68.3. The van der Waals surface area contributed by atoms with E-state index in [2.05, 4.69) is 4.98 Å². The molecule has 1 aliphatic heterocycles. The van der Waals surface area contributed by atoms with Crippen LogP contribution in [0.2, 0.25) is 0 Å². The van der Waals surface area contributed by atoms with E-state index in [0.717, 1.165) is 6.42 Å². The van der Waals surface area contributed by atoms with Gasteiger partial charge >= 0.3 is 5.69 Å². The number of unbranched alkanes of at least 4 members (excludes halogenated alkanes) is 1. The van der Waals surface area contributed by atoms with E-state index in [1.165, 1.54) is 14.4 Å². The lowest BCUT2D eigenvalue weighted by atomic mass is 9.85. The zero-order chi connectivity index (χ0) is 24.3. The highest BCUT2D eigenvalue weighted by atomic mass is 16.2. The number of hydrogen-bond donors (Lipinski definition) is 2. The Bertz CT molecular complexity index is 1040. The van der Waals surface area contributed by atoms with Crippen molar-refractivity contribution in [3.05, 3.63) is 33.0 Å². The maximum Gasteiger partial charge on any atom is 0.330 e. The first-order chi connectivity index (χ1) is 15.7. The SMILES string of the molecule is CCCCn1c(N)c(N(CC(C)C)C(=O)CCN2C(=O)[C@H]3CC=CC[C@@H]3C2=O)c(=O)[nH]c1=O. The largest absolute Gasteiger partial charge is 0.383 e. The van der Waals surface area contributed by atoms with Crippen molar-refractivity contribution in [1.29, 1.82) is 0 Å². The standard InChI is InChI=1S/C23H33N5O5/c1-4-5-11-26-19(24)18(20(30)25-23(26)33)28(13-14(2)3)17(29)10-12-27-21(31)15-8-6-7-9-16(15)22(27)32/h6-7,14-16H,4-5,8-13,24H2,1-3H3,(H,25,30,33)/t15-,16-/m0/s1. The van der Waals surface area contributed by atoms with Crippen LogP contribution >= 0.6 is 0 Å². The van der Waals surface area contributed by atoms with E-state index >= 15 is 0 Å². The Hall–Kier alpha value is -3.17. The predicted molar refractivity (Wildman–Crippen MR) is 125 cm³/mol. The molecule has 33 heavy (non-hydrogen) atoms. The number of allylic oxidation sites excluding steroid dienone is 2. The molecule has 2 heterocycles. The number of nitrogens with two attached hydrogens (primary N) is 1. The van der Waals surface area contributed by atoms with Gasteiger partial charge < -0.3 is 10.6 Å². The van der Waals surface area contributed by atoms with Gasteiger partial charge in [0.25, 0.3) is 5.56 Å². The molecule has 1 aromatic heterocycles. The number of amides is 3. The Kier molecular flexibility index (Phi) is 7.55. The third-order valence-electron chi connectivity index (χ3n) is 6.22. The first-order valence-electron chi connectivity index (χ1n) is 11.6. The topological polar surface area (TPSA) is 139 Å². The Morgan fingerprint density at radius 1 is 1.12 bits per heavy atom. The van der Waals surface area contributed by atoms with Crippen molar-refractivity contribution in [2.24, 2.45) is 17.8 Å². The second-order valence-electron chi connectivity index (χ2n) is 9.13. The van der Waals surface area contributed by atoms with Crippen LogP contribution in [0, 0.1) is 17.8 Å². The summed E-state index contributed by atoms with van der Waals surface area (Å²) in [7, 11) is 0. The summed E-state index contributed by atoms with van der Waals surface area (Å²) >= 11 is 0. The smallest absolute Gasteiger partial charge is 0.330 e. The molecule has 3 N–H and O–H groups in total.